The zero-order valence-corrected chi connectivity index (χ0v) is 17.9. The molecule has 0 saturated carbocycles. The van der Waals surface area contributed by atoms with Crippen molar-refractivity contribution in [2.75, 3.05) is 6.54 Å². The molecule has 1 aromatic heterocycles. The molecule has 0 amide bonds. The molecule has 2 aromatic carbocycles. The van der Waals surface area contributed by atoms with Crippen LogP contribution in [0.2, 0.25) is 0 Å². The first-order chi connectivity index (χ1) is 14.8. The number of aromatic nitrogens is 2. The number of rotatable bonds is 7. The Morgan fingerprint density at radius 3 is 2.32 bits per heavy atom. The highest BCUT2D eigenvalue weighted by molar-refractivity contribution is 7.88. The van der Waals surface area contributed by atoms with Gasteiger partial charge in [0.1, 0.15) is 11.6 Å². The molecule has 0 unspecified atom stereocenters. The van der Waals surface area contributed by atoms with Gasteiger partial charge in [-0.15, -0.1) is 0 Å². The molecule has 1 aliphatic heterocycles. The Morgan fingerprint density at radius 2 is 1.65 bits per heavy atom. The highest BCUT2D eigenvalue weighted by Crippen LogP contribution is 2.26. The van der Waals surface area contributed by atoms with E-state index in [0.717, 1.165) is 11.3 Å². The lowest BCUT2D eigenvalue weighted by Gasteiger charge is -2.27. The van der Waals surface area contributed by atoms with Crippen LogP contribution in [0.25, 0.3) is 0 Å². The third-order valence-electron chi connectivity index (χ3n) is 5.43. The summed E-state index contributed by atoms with van der Waals surface area (Å²) < 4.78 is 62.4. The van der Waals surface area contributed by atoms with Crippen LogP contribution in [0.5, 0.6) is 0 Å². The Balaban J connectivity index is 1.48. The summed E-state index contributed by atoms with van der Waals surface area (Å²) in [7, 11) is -1.90. The maximum absolute atomic E-state index is 14.0. The Labute approximate surface area is 180 Å². The largest absolute Gasteiger partial charge is 0.370 e. The molecule has 4 rings (SSSR count). The van der Waals surface area contributed by atoms with Gasteiger partial charge in [0.25, 0.3) is 0 Å². The Kier molecular flexibility index (Phi) is 6.17. The second-order valence-electron chi connectivity index (χ2n) is 7.51. The molecule has 0 aliphatic carbocycles. The van der Waals surface area contributed by atoms with Crippen molar-refractivity contribution in [2.45, 2.75) is 31.9 Å². The van der Waals surface area contributed by atoms with Crippen molar-refractivity contribution < 1.29 is 21.9 Å². The zero-order valence-electron chi connectivity index (χ0n) is 17.1. The van der Waals surface area contributed by atoms with Crippen LogP contribution in [0.15, 0.2) is 48.5 Å². The summed E-state index contributed by atoms with van der Waals surface area (Å²) in [4.78, 5) is 0. The van der Waals surface area contributed by atoms with Crippen LogP contribution >= 0.6 is 0 Å². The van der Waals surface area contributed by atoms with Crippen LogP contribution in [0, 0.1) is 11.6 Å². The van der Waals surface area contributed by atoms with E-state index in [2.05, 4.69) is 5.10 Å². The molecule has 0 radical (unpaired) electrons. The molecule has 0 N–H and O–H groups in total. The van der Waals surface area contributed by atoms with E-state index < -0.39 is 21.6 Å². The van der Waals surface area contributed by atoms with Crippen LogP contribution < -0.4 is 0 Å². The van der Waals surface area contributed by atoms with Gasteiger partial charge in [-0.1, -0.05) is 36.4 Å². The quantitative estimate of drug-likeness (QED) is 0.558. The fourth-order valence-electron chi connectivity index (χ4n) is 3.77. The molecule has 164 valence electrons. The molecule has 0 atom stereocenters. The van der Waals surface area contributed by atoms with Gasteiger partial charge in [-0.05, 0) is 12.1 Å². The lowest BCUT2D eigenvalue weighted by atomic mass is 10.1. The number of halogens is 2. The Bertz CT molecular complexity index is 1190. The maximum Gasteiger partial charge on any atom is 0.218 e. The lowest BCUT2D eigenvalue weighted by molar-refractivity contribution is 0.101. The van der Waals surface area contributed by atoms with Crippen molar-refractivity contribution in [1.82, 2.24) is 14.1 Å². The number of sulfonamides is 1. The molecule has 3 aromatic rings. The summed E-state index contributed by atoms with van der Waals surface area (Å²) in [5.74, 6) is -1.27. The van der Waals surface area contributed by atoms with E-state index in [9.17, 15) is 17.2 Å². The van der Waals surface area contributed by atoms with E-state index >= 15 is 0 Å². The van der Waals surface area contributed by atoms with Crippen LogP contribution in [-0.4, -0.2) is 29.0 Å². The number of ether oxygens (including phenoxy) is 1. The highest BCUT2D eigenvalue weighted by atomic mass is 32.2. The summed E-state index contributed by atoms with van der Waals surface area (Å²) in [5.41, 5.74) is 2.95. The van der Waals surface area contributed by atoms with Gasteiger partial charge >= 0.3 is 0 Å². The molecule has 6 nitrogen and oxygen atoms in total. The van der Waals surface area contributed by atoms with Gasteiger partial charge in [0.15, 0.2) is 0 Å². The monoisotopic (exact) mass is 447 g/mol. The molecule has 0 bridgehead atoms. The van der Waals surface area contributed by atoms with Gasteiger partial charge in [-0.25, -0.2) is 17.2 Å². The van der Waals surface area contributed by atoms with Crippen LogP contribution in [0.1, 0.15) is 28.1 Å². The van der Waals surface area contributed by atoms with Crippen molar-refractivity contribution in [2.24, 2.45) is 7.05 Å². The van der Waals surface area contributed by atoms with E-state index in [1.807, 2.05) is 7.05 Å². The van der Waals surface area contributed by atoms with Gasteiger partial charge in [-0.2, -0.15) is 9.40 Å². The average Bonchev–Trinajstić information content (AvgIpc) is 3.06. The van der Waals surface area contributed by atoms with Gasteiger partial charge in [0.05, 0.1) is 24.7 Å². The third-order valence-corrected chi connectivity index (χ3v) is 7.21. The highest BCUT2D eigenvalue weighted by Gasteiger charge is 2.31. The fourth-order valence-corrected chi connectivity index (χ4v) is 5.28. The lowest BCUT2D eigenvalue weighted by Crippen LogP contribution is -2.37. The molecule has 1 aliphatic rings. The van der Waals surface area contributed by atoms with Gasteiger partial charge < -0.3 is 4.74 Å². The van der Waals surface area contributed by atoms with Crippen molar-refractivity contribution in [3.05, 3.63) is 88.2 Å². The second-order valence-corrected chi connectivity index (χ2v) is 9.48. The van der Waals surface area contributed by atoms with E-state index in [1.54, 1.807) is 28.9 Å². The average molecular weight is 448 g/mol. The SMILES string of the molecule is Cn1nc(COCc2ccccc2F)c2c1CCN(S(=O)(=O)Cc1ccccc1F)C2. The van der Waals surface area contributed by atoms with Crippen molar-refractivity contribution in [3.8, 4) is 0 Å². The molecular formula is C22H23F2N3O3S. The van der Waals surface area contributed by atoms with Crippen molar-refractivity contribution in [1.29, 1.82) is 0 Å². The first-order valence-electron chi connectivity index (χ1n) is 9.91. The molecule has 9 heteroatoms. The first kappa shape index (κ1) is 21.6. The fraction of sp³-hybridized carbons (Fsp3) is 0.318. The minimum absolute atomic E-state index is 0.0906. The van der Waals surface area contributed by atoms with Gasteiger partial charge in [0.2, 0.25) is 10.0 Å². The number of fused-ring (bicyclic) bond motifs is 1. The van der Waals surface area contributed by atoms with Gasteiger partial charge in [-0.3, -0.25) is 4.68 Å². The molecule has 0 saturated heterocycles. The van der Waals surface area contributed by atoms with Crippen molar-refractivity contribution >= 4 is 10.0 Å². The summed E-state index contributed by atoms with van der Waals surface area (Å²) >= 11 is 0. The van der Waals surface area contributed by atoms with E-state index in [-0.39, 0.29) is 31.1 Å². The Hall–Kier alpha value is -2.62. The zero-order chi connectivity index (χ0) is 22.0. The van der Waals surface area contributed by atoms with Crippen LogP contribution in [0.4, 0.5) is 8.78 Å². The molecular weight excluding hydrogens is 424 g/mol. The van der Waals surface area contributed by atoms with Crippen LogP contribution in [-0.2, 0) is 53.7 Å². The minimum Gasteiger partial charge on any atom is -0.370 e. The minimum atomic E-state index is -3.71. The first-order valence-corrected chi connectivity index (χ1v) is 11.5. The Morgan fingerprint density at radius 1 is 1.00 bits per heavy atom. The molecule has 0 spiro atoms. The smallest absolute Gasteiger partial charge is 0.218 e. The number of aryl methyl sites for hydroxylation is 1. The predicted octanol–water partition coefficient (Wildman–Crippen LogP) is 3.30. The third kappa shape index (κ3) is 4.68. The maximum atomic E-state index is 14.0. The predicted molar refractivity (Wildman–Crippen MR) is 111 cm³/mol. The van der Waals surface area contributed by atoms with Gasteiger partial charge in [0, 0.05) is 48.9 Å². The normalized spacial score (nSPS) is 14.5. The van der Waals surface area contributed by atoms with E-state index in [4.69, 9.17) is 4.74 Å². The standard InChI is InChI=1S/C22H23F2N3O3S/c1-26-22-10-11-27(31(28,29)15-17-7-3-5-9-20(17)24)12-18(22)21(25-26)14-30-13-16-6-2-4-8-19(16)23/h2-9H,10-15H2,1H3. The molecule has 31 heavy (non-hydrogen) atoms. The summed E-state index contributed by atoms with van der Waals surface area (Å²) in [6, 6.07) is 12.3. The second kappa shape index (κ2) is 8.86. The van der Waals surface area contributed by atoms with E-state index in [1.165, 1.54) is 28.6 Å². The number of hydrogen-bond donors (Lipinski definition) is 0. The molecule has 0 fully saturated rings. The van der Waals surface area contributed by atoms with E-state index in [0.29, 0.717) is 24.2 Å². The summed E-state index contributed by atoms with van der Waals surface area (Å²) in [5, 5.41) is 4.48. The molecule has 2 heterocycles. The van der Waals surface area contributed by atoms with Crippen LogP contribution in [0.3, 0.4) is 0 Å². The number of nitrogens with zero attached hydrogens (tertiary/aromatic N) is 3. The number of hydrogen-bond acceptors (Lipinski definition) is 4. The summed E-state index contributed by atoms with van der Waals surface area (Å²) in [6.07, 6.45) is 0.503. The number of benzene rings is 2. The van der Waals surface area contributed by atoms with Crippen molar-refractivity contribution in [3.63, 3.8) is 0 Å². The topological polar surface area (TPSA) is 64.4 Å². The summed E-state index contributed by atoms with van der Waals surface area (Å²) in [6.45, 7) is 0.684.